The second-order valence-electron chi connectivity index (χ2n) is 3.57. The largest absolute Gasteiger partial charge is 0.478 e. The lowest BCUT2D eigenvalue weighted by molar-refractivity contribution is 0.0696. The van der Waals surface area contributed by atoms with Crippen molar-refractivity contribution in [2.45, 2.75) is 24.1 Å². The molecule has 0 unspecified atom stereocenters. The quantitative estimate of drug-likeness (QED) is 0.853. The number of aryl methyl sites for hydroxylation is 1. The highest BCUT2D eigenvalue weighted by molar-refractivity contribution is 7.98. The molecule has 0 bridgehead atoms. The number of carboxylic acids is 1. The number of rotatable bonds is 5. The summed E-state index contributed by atoms with van der Waals surface area (Å²) in [7, 11) is 0. The zero-order chi connectivity index (χ0) is 13.0. The number of hydrogen-bond acceptors (Lipinski definition) is 5. The van der Waals surface area contributed by atoms with Crippen molar-refractivity contribution in [2.75, 3.05) is 0 Å². The van der Waals surface area contributed by atoms with Gasteiger partial charge in [0.2, 0.25) is 0 Å². The number of thioether (sulfide) groups is 1. The van der Waals surface area contributed by atoms with Crippen molar-refractivity contribution in [1.82, 2.24) is 9.97 Å². The Morgan fingerprint density at radius 1 is 1.50 bits per heavy atom. The molecule has 2 aromatic heterocycles. The first-order valence-corrected chi connectivity index (χ1v) is 7.31. The van der Waals surface area contributed by atoms with Gasteiger partial charge in [-0.1, -0.05) is 6.92 Å². The third-order valence-corrected chi connectivity index (χ3v) is 4.27. The summed E-state index contributed by atoms with van der Waals surface area (Å²) in [6.07, 6.45) is 2.34. The number of carbonyl (C=O) groups is 1. The Morgan fingerprint density at radius 3 is 2.89 bits per heavy atom. The summed E-state index contributed by atoms with van der Waals surface area (Å²) in [5, 5.41) is 12.8. The van der Waals surface area contributed by atoms with Crippen LogP contribution in [0.1, 0.15) is 28.0 Å². The molecule has 0 fully saturated rings. The van der Waals surface area contributed by atoms with Gasteiger partial charge in [-0.3, -0.25) is 0 Å². The maximum absolute atomic E-state index is 10.7. The van der Waals surface area contributed by atoms with E-state index in [-0.39, 0.29) is 5.56 Å². The van der Waals surface area contributed by atoms with Crippen LogP contribution in [0.5, 0.6) is 0 Å². The highest BCUT2D eigenvalue weighted by atomic mass is 32.2. The fourth-order valence-corrected chi connectivity index (χ4v) is 2.90. The van der Waals surface area contributed by atoms with Gasteiger partial charge in [0.05, 0.1) is 21.3 Å². The van der Waals surface area contributed by atoms with E-state index in [1.807, 2.05) is 0 Å². The molecule has 0 aliphatic rings. The summed E-state index contributed by atoms with van der Waals surface area (Å²) < 4.78 is 0. The van der Waals surface area contributed by atoms with E-state index in [0.29, 0.717) is 0 Å². The van der Waals surface area contributed by atoms with Crippen LogP contribution in [0.2, 0.25) is 0 Å². The van der Waals surface area contributed by atoms with E-state index < -0.39 is 5.97 Å². The van der Waals surface area contributed by atoms with Crippen LogP contribution in [-0.2, 0) is 12.2 Å². The molecule has 1 N–H and O–H groups in total. The first kappa shape index (κ1) is 13.0. The van der Waals surface area contributed by atoms with Gasteiger partial charge in [0.15, 0.2) is 0 Å². The van der Waals surface area contributed by atoms with Gasteiger partial charge < -0.3 is 5.11 Å². The predicted molar refractivity (Wildman–Crippen MR) is 72.2 cm³/mol. The minimum Gasteiger partial charge on any atom is -0.478 e. The van der Waals surface area contributed by atoms with Crippen molar-refractivity contribution in [3.8, 4) is 0 Å². The number of carboxylic acid groups (broad SMARTS) is 1. The summed E-state index contributed by atoms with van der Waals surface area (Å²) in [5.74, 6) is -0.193. The van der Waals surface area contributed by atoms with Crippen LogP contribution in [0.15, 0.2) is 28.7 Å². The number of aromatic carboxylic acids is 1. The molecule has 2 heterocycles. The minimum atomic E-state index is -0.953. The van der Waals surface area contributed by atoms with Gasteiger partial charge in [0, 0.05) is 17.3 Å². The molecule has 18 heavy (non-hydrogen) atoms. The molecular weight excluding hydrogens is 268 g/mol. The first-order valence-electron chi connectivity index (χ1n) is 5.44. The fraction of sp³-hybridized carbons (Fsp3) is 0.250. The van der Waals surface area contributed by atoms with Gasteiger partial charge in [-0.2, -0.15) is 0 Å². The summed E-state index contributed by atoms with van der Waals surface area (Å²) in [6.45, 7) is 2.09. The second kappa shape index (κ2) is 5.97. The molecule has 6 heteroatoms. The van der Waals surface area contributed by atoms with Crippen molar-refractivity contribution in [1.29, 1.82) is 0 Å². The Labute approximate surface area is 113 Å². The summed E-state index contributed by atoms with van der Waals surface area (Å²) in [6, 6.07) is 3.29. The molecule has 0 spiro atoms. The molecule has 0 aromatic carbocycles. The Bertz CT molecular complexity index is 537. The van der Waals surface area contributed by atoms with Crippen molar-refractivity contribution in [3.05, 3.63) is 40.0 Å². The lowest BCUT2D eigenvalue weighted by Crippen LogP contribution is -1.96. The number of thiazole rings is 1. The molecule has 0 radical (unpaired) electrons. The number of nitrogens with zero attached hydrogens (tertiary/aromatic N) is 2. The minimum absolute atomic E-state index is 0.210. The SMILES string of the molecule is CCc1nc(CSc2ccc(C(=O)O)cn2)cs1. The molecule has 0 aliphatic heterocycles. The maximum atomic E-state index is 10.7. The van der Waals surface area contributed by atoms with E-state index in [9.17, 15) is 4.79 Å². The summed E-state index contributed by atoms with van der Waals surface area (Å²) >= 11 is 3.23. The summed E-state index contributed by atoms with van der Waals surface area (Å²) in [4.78, 5) is 19.2. The summed E-state index contributed by atoms with van der Waals surface area (Å²) in [5.41, 5.74) is 1.26. The van der Waals surface area contributed by atoms with Crippen LogP contribution in [0.25, 0.3) is 0 Å². The highest BCUT2D eigenvalue weighted by Gasteiger charge is 2.05. The molecule has 0 saturated heterocycles. The van der Waals surface area contributed by atoms with E-state index in [2.05, 4.69) is 22.3 Å². The molecule has 0 saturated carbocycles. The number of pyridine rings is 1. The Kier molecular flexibility index (Phi) is 4.33. The lowest BCUT2D eigenvalue weighted by atomic mass is 10.3. The van der Waals surface area contributed by atoms with E-state index >= 15 is 0 Å². The topological polar surface area (TPSA) is 63.1 Å². The van der Waals surface area contributed by atoms with Gasteiger partial charge in [0.1, 0.15) is 0 Å². The van der Waals surface area contributed by atoms with Gasteiger partial charge in [0.25, 0.3) is 0 Å². The van der Waals surface area contributed by atoms with Crippen molar-refractivity contribution >= 4 is 29.1 Å². The van der Waals surface area contributed by atoms with Crippen LogP contribution in [0.3, 0.4) is 0 Å². The maximum Gasteiger partial charge on any atom is 0.337 e. The second-order valence-corrected chi connectivity index (χ2v) is 5.50. The van der Waals surface area contributed by atoms with E-state index in [1.54, 1.807) is 35.2 Å². The zero-order valence-electron chi connectivity index (χ0n) is 9.79. The molecule has 0 atom stereocenters. The molecule has 0 amide bonds. The average Bonchev–Trinajstić information content (AvgIpc) is 2.85. The highest BCUT2D eigenvalue weighted by Crippen LogP contribution is 2.22. The monoisotopic (exact) mass is 280 g/mol. The Balaban J connectivity index is 1.95. The molecule has 0 aliphatic carbocycles. The molecule has 94 valence electrons. The molecule has 2 aromatic rings. The molecule has 4 nitrogen and oxygen atoms in total. The van der Waals surface area contributed by atoms with Crippen LogP contribution >= 0.6 is 23.1 Å². The lowest BCUT2D eigenvalue weighted by Gasteiger charge is -1.99. The van der Waals surface area contributed by atoms with Crippen molar-refractivity contribution in [3.63, 3.8) is 0 Å². The van der Waals surface area contributed by atoms with E-state index in [4.69, 9.17) is 5.11 Å². The Morgan fingerprint density at radius 2 is 2.33 bits per heavy atom. The smallest absolute Gasteiger partial charge is 0.337 e. The van der Waals surface area contributed by atoms with Crippen molar-refractivity contribution in [2.24, 2.45) is 0 Å². The third-order valence-electron chi connectivity index (χ3n) is 2.25. The van der Waals surface area contributed by atoms with Crippen molar-refractivity contribution < 1.29 is 9.90 Å². The predicted octanol–water partition coefficient (Wildman–Crippen LogP) is 3.09. The zero-order valence-corrected chi connectivity index (χ0v) is 11.4. The number of hydrogen-bond donors (Lipinski definition) is 1. The van der Waals surface area contributed by atoms with Gasteiger partial charge in [-0.25, -0.2) is 14.8 Å². The van der Waals surface area contributed by atoms with Gasteiger partial charge in [-0.15, -0.1) is 23.1 Å². The van der Waals surface area contributed by atoms with Crippen LogP contribution < -0.4 is 0 Å². The van der Waals surface area contributed by atoms with Gasteiger partial charge in [-0.05, 0) is 18.6 Å². The first-order chi connectivity index (χ1) is 8.69. The van der Waals surface area contributed by atoms with E-state index in [1.165, 1.54) is 6.20 Å². The normalized spacial score (nSPS) is 10.5. The number of aromatic nitrogens is 2. The van der Waals surface area contributed by atoms with E-state index in [0.717, 1.165) is 27.9 Å². The molecule has 2 rings (SSSR count). The van der Waals surface area contributed by atoms with Crippen LogP contribution in [0, 0.1) is 0 Å². The standard InChI is InChI=1S/C12H12N2O2S2/c1-2-10-14-9(6-17-10)7-18-11-4-3-8(5-13-11)12(15)16/h3-6H,2,7H2,1H3,(H,15,16). The average molecular weight is 280 g/mol. The van der Waals surface area contributed by atoms with Crippen LogP contribution in [-0.4, -0.2) is 21.0 Å². The Hall–Kier alpha value is -1.40. The fourth-order valence-electron chi connectivity index (χ4n) is 1.32. The molecular formula is C12H12N2O2S2. The van der Waals surface area contributed by atoms with Crippen LogP contribution in [0.4, 0.5) is 0 Å². The van der Waals surface area contributed by atoms with Gasteiger partial charge >= 0.3 is 5.97 Å². The third kappa shape index (κ3) is 3.30.